The summed E-state index contributed by atoms with van der Waals surface area (Å²) in [6.45, 7) is 2.46. The van der Waals surface area contributed by atoms with E-state index in [0.717, 1.165) is 11.5 Å². The van der Waals surface area contributed by atoms with Crippen molar-refractivity contribution in [2.45, 2.75) is 17.7 Å². The summed E-state index contributed by atoms with van der Waals surface area (Å²) in [6, 6.07) is 11.6. The van der Waals surface area contributed by atoms with Gasteiger partial charge in [0.25, 0.3) is 11.6 Å². The Morgan fingerprint density at radius 1 is 1.24 bits per heavy atom. The average Bonchev–Trinajstić information content (AvgIpc) is 3.15. The first-order valence-electron chi connectivity index (χ1n) is 8.80. The summed E-state index contributed by atoms with van der Waals surface area (Å²) in [5.74, 6) is 1.00. The highest BCUT2D eigenvalue weighted by molar-refractivity contribution is 7.98. The van der Waals surface area contributed by atoms with Crippen molar-refractivity contribution in [3.05, 3.63) is 75.8 Å². The van der Waals surface area contributed by atoms with Gasteiger partial charge < -0.3 is 15.2 Å². The largest absolute Gasteiger partial charge is 0.378 e. The van der Waals surface area contributed by atoms with Gasteiger partial charge in [0, 0.05) is 37.2 Å². The van der Waals surface area contributed by atoms with Crippen LogP contribution in [0.2, 0.25) is 0 Å². The predicted octanol–water partition coefficient (Wildman–Crippen LogP) is 3.42. The quantitative estimate of drug-likeness (QED) is 0.237. The molecule has 0 bridgehead atoms. The maximum absolute atomic E-state index is 12.5. The van der Waals surface area contributed by atoms with Crippen LogP contribution >= 0.6 is 11.8 Å². The Morgan fingerprint density at radius 2 is 2.07 bits per heavy atom. The molecular formula is C19H19N5O4S. The minimum absolute atomic E-state index is 0.00661. The van der Waals surface area contributed by atoms with Crippen LogP contribution in [0.15, 0.2) is 58.2 Å². The molecule has 29 heavy (non-hydrogen) atoms. The molecule has 1 aromatic carbocycles. The molecule has 1 amide bonds. The second-order valence-electron chi connectivity index (χ2n) is 6.03. The van der Waals surface area contributed by atoms with Crippen molar-refractivity contribution >= 4 is 29.0 Å². The summed E-state index contributed by atoms with van der Waals surface area (Å²) in [6.07, 6.45) is 1.63. The van der Waals surface area contributed by atoms with Crippen LogP contribution in [0.25, 0.3) is 0 Å². The SMILES string of the molecule is Cc1cc(CSc2ncccc2C(=O)NCCNc2ccccc2[N+](=O)[O-])no1. The number of thioether (sulfide) groups is 1. The van der Waals surface area contributed by atoms with E-state index in [0.29, 0.717) is 35.1 Å². The maximum Gasteiger partial charge on any atom is 0.292 e. The number of nitro benzene ring substituents is 1. The molecule has 0 atom stereocenters. The van der Waals surface area contributed by atoms with E-state index in [-0.39, 0.29) is 11.6 Å². The lowest BCUT2D eigenvalue weighted by atomic mass is 10.2. The van der Waals surface area contributed by atoms with Crippen molar-refractivity contribution in [1.29, 1.82) is 0 Å². The van der Waals surface area contributed by atoms with E-state index in [9.17, 15) is 14.9 Å². The summed E-state index contributed by atoms with van der Waals surface area (Å²) in [4.78, 5) is 27.4. The molecular weight excluding hydrogens is 394 g/mol. The number of aromatic nitrogens is 2. The first-order chi connectivity index (χ1) is 14.0. The van der Waals surface area contributed by atoms with Crippen molar-refractivity contribution in [3.63, 3.8) is 0 Å². The summed E-state index contributed by atoms with van der Waals surface area (Å²) in [5, 5.41) is 21.3. The number of nitrogens with one attached hydrogen (secondary N) is 2. The summed E-state index contributed by atoms with van der Waals surface area (Å²) in [7, 11) is 0. The van der Waals surface area contributed by atoms with Crippen molar-refractivity contribution in [2.75, 3.05) is 18.4 Å². The molecule has 0 saturated heterocycles. The van der Waals surface area contributed by atoms with Gasteiger partial charge in [0.2, 0.25) is 0 Å². The number of carbonyl (C=O) groups is 1. The fourth-order valence-electron chi connectivity index (χ4n) is 2.56. The van der Waals surface area contributed by atoms with Crippen LogP contribution < -0.4 is 10.6 Å². The van der Waals surface area contributed by atoms with Gasteiger partial charge in [-0.1, -0.05) is 29.1 Å². The van der Waals surface area contributed by atoms with Crippen molar-refractivity contribution in [2.24, 2.45) is 0 Å². The molecule has 2 N–H and O–H groups in total. The molecule has 0 saturated carbocycles. The number of para-hydroxylation sites is 2. The third kappa shape index (κ3) is 5.55. The Hall–Kier alpha value is -3.40. The molecule has 0 aliphatic rings. The number of aryl methyl sites for hydroxylation is 1. The fourth-order valence-corrected chi connectivity index (χ4v) is 3.43. The van der Waals surface area contributed by atoms with Crippen LogP contribution in [-0.2, 0) is 5.75 Å². The first kappa shape index (κ1) is 20.3. The van der Waals surface area contributed by atoms with Gasteiger partial charge >= 0.3 is 0 Å². The Bertz CT molecular complexity index is 1010. The number of hydrogen-bond acceptors (Lipinski definition) is 8. The van der Waals surface area contributed by atoms with Crippen LogP contribution in [0, 0.1) is 17.0 Å². The molecule has 0 aliphatic heterocycles. The lowest BCUT2D eigenvalue weighted by molar-refractivity contribution is -0.384. The van der Waals surface area contributed by atoms with Gasteiger partial charge in [0.05, 0.1) is 16.2 Å². The van der Waals surface area contributed by atoms with E-state index in [4.69, 9.17) is 4.52 Å². The van der Waals surface area contributed by atoms with Gasteiger partial charge in [-0.15, -0.1) is 0 Å². The summed E-state index contributed by atoms with van der Waals surface area (Å²) < 4.78 is 5.04. The summed E-state index contributed by atoms with van der Waals surface area (Å²) in [5.41, 5.74) is 1.64. The highest BCUT2D eigenvalue weighted by Crippen LogP contribution is 2.24. The van der Waals surface area contributed by atoms with Crippen molar-refractivity contribution in [3.8, 4) is 0 Å². The van der Waals surface area contributed by atoms with E-state index >= 15 is 0 Å². The third-order valence-electron chi connectivity index (χ3n) is 3.88. The fraction of sp³-hybridized carbons (Fsp3) is 0.211. The van der Waals surface area contributed by atoms with Crippen molar-refractivity contribution < 1.29 is 14.2 Å². The van der Waals surface area contributed by atoms with Crippen molar-refractivity contribution in [1.82, 2.24) is 15.5 Å². The Kier molecular flexibility index (Phi) is 6.80. The van der Waals surface area contributed by atoms with Crippen LogP contribution in [0.3, 0.4) is 0 Å². The molecule has 2 heterocycles. The number of hydrogen-bond donors (Lipinski definition) is 2. The molecule has 150 valence electrons. The second kappa shape index (κ2) is 9.69. The van der Waals surface area contributed by atoms with Gasteiger partial charge in [-0.05, 0) is 25.1 Å². The monoisotopic (exact) mass is 413 g/mol. The lowest BCUT2D eigenvalue weighted by Gasteiger charge is -2.10. The molecule has 10 heteroatoms. The van der Waals surface area contributed by atoms with Gasteiger partial charge in [-0.3, -0.25) is 14.9 Å². The molecule has 0 radical (unpaired) electrons. The number of pyridine rings is 1. The number of nitrogens with zero attached hydrogens (tertiary/aromatic N) is 3. The molecule has 3 rings (SSSR count). The predicted molar refractivity (Wildman–Crippen MR) is 109 cm³/mol. The number of rotatable bonds is 9. The topological polar surface area (TPSA) is 123 Å². The smallest absolute Gasteiger partial charge is 0.292 e. The van der Waals surface area contributed by atoms with Crippen LogP contribution in [0.4, 0.5) is 11.4 Å². The highest BCUT2D eigenvalue weighted by Gasteiger charge is 2.14. The highest BCUT2D eigenvalue weighted by atomic mass is 32.2. The van der Waals surface area contributed by atoms with Gasteiger partial charge in [-0.2, -0.15) is 0 Å². The van der Waals surface area contributed by atoms with Gasteiger partial charge in [-0.25, -0.2) is 4.98 Å². The molecule has 0 fully saturated rings. The number of nitro groups is 1. The zero-order valence-corrected chi connectivity index (χ0v) is 16.4. The molecule has 0 aliphatic carbocycles. The minimum atomic E-state index is -0.448. The Morgan fingerprint density at radius 3 is 2.83 bits per heavy atom. The van der Waals surface area contributed by atoms with Gasteiger partial charge in [0.15, 0.2) is 0 Å². The van der Waals surface area contributed by atoms with Crippen LogP contribution in [-0.4, -0.2) is 34.1 Å². The van der Waals surface area contributed by atoms with Crippen LogP contribution in [0.1, 0.15) is 21.8 Å². The standard InChI is InChI=1S/C19H19N5O4S/c1-13-11-14(23-28-13)12-29-19-15(5-4-8-22-19)18(25)21-10-9-20-16-6-2-3-7-17(16)24(26)27/h2-8,11,20H,9-10,12H2,1H3,(H,21,25). The summed E-state index contributed by atoms with van der Waals surface area (Å²) >= 11 is 1.40. The number of anilines is 1. The molecule has 9 nitrogen and oxygen atoms in total. The molecule has 0 unspecified atom stereocenters. The number of benzene rings is 1. The maximum atomic E-state index is 12.5. The van der Waals surface area contributed by atoms with E-state index in [1.54, 1.807) is 36.5 Å². The zero-order valence-electron chi connectivity index (χ0n) is 15.6. The zero-order chi connectivity index (χ0) is 20.6. The number of amides is 1. The lowest BCUT2D eigenvalue weighted by Crippen LogP contribution is -2.29. The number of carbonyl (C=O) groups excluding carboxylic acids is 1. The average molecular weight is 413 g/mol. The van der Waals surface area contributed by atoms with Crippen LogP contribution in [0.5, 0.6) is 0 Å². The molecule has 2 aromatic heterocycles. The third-order valence-corrected chi connectivity index (χ3v) is 4.91. The minimum Gasteiger partial charge on any atom is -0.378 e. The van der Waals surface area contributed by atoms with E-state index in [2.05, 4.69) is 20.8 Å². The van der Waals surface area contributed by atoms with Gasteiger partial charge in [0.1, 0.15) is 16.5 Å². The second-order valence-corrected chi connectivity index (χ2v) is 6.99. The van der Waals surface area contributed by atoms with E-state index in [1.165, 1.54) is 17.8 Å². The first-order valence-corrected chi connectivity index (χ1v) is 9.78. The Labute approximate surface area is 171 Å². The Balaban J connectivity index is 1.54. The van der Waals surface area contributed by atoms with E-state index in [1.807, 2.05) is 13.0 Å². The normalized spacial score (nSPS) is 10.5. The van der Waals surface area contributed by atoms with E-state index < -0.39 is 4.92 Å². The molecule has 3 aromatic rings. The molecule has 0 spiro atoms.